The van der Waals surface area contributed by atoms with E-state index < -0.39 is 11.6 Å². The van der Waals surface area contributed by atoms with E-state index in [1.807, 2.05) is 13.8 Å². The molecule has 0 radical (unpaired) electrons. The van der Waals surface area contributed by atoms with Gasteiger partial charge in [-0.15, -0.1) is 0 Å². The van der Waals surface area contributed by atoms with Crippen LogP contribution in [0.4, 0.5) is 0 Å². The minimum atomic E-state index is -1.37. The molecule has 0 bridgehead atoms. The molecule has 0 heterocycles. The molecule has 17 heavy (non-hydrogen) atoms. The molecule has 2 N–H and O–H groups in total. The molecular weight excluding hydrogens is 220 g/mol. The van der Waals surface area contributed by atoms with Crippen LogP contribution in [0.5, 0.6) is 5.75 Å². The van der Waals surface area contributed by atoms with Gasteiger partial charge in [0.25, 0.3) is 0 Å². The van der Waals surface area contributed by atoms with Crippen molar-refractivity contribution < 1.29 is 19.7 Å². The predicted molar refractivity (Wildman–Crippen MR) is 64.3 cm³/mol. The molecule has 1 aromatic carbocycles. The number of aryl methyl sites for hydroxylation is 2. The van der Waals surface area contributed by atoms with Crippen molar-refractivity contribution in [2.24, 2.45) is 0 Å². The molecule has 0 saturated heterocycles. The number of aliphatic carboxylic acids is 1. The average Bonchev–Trinajstić information content (AvgIpc) is 2.13. The normalized spacial score (nSPS) is 14.2. The second kappa shape index (κ2) is 4.75. The summed E-state index contributed by atoms with van der Waals surface area (Å²) in [5.74, 6) is -0.320. The zero-order valence-electron chi connectivity index (χ0n) is 10.6. The lowest BCUT2D eigenvalue weighted by molar-refractivity contribution is -0.142. The summed E-state index contributed by atoms with van der Waals surface area (Å²) in [5, 5.41) is 19.1. The maximum atomic E-state index is 10.7. The van der Waals surface area contributed by atoms with Gasteiger partial charge >= 0.3 is 5.97 Å². The van der Waals surface area contributed by atoms with Gasteiger partial charge in [-0.2, -0.15) is 0 Å². The first-order chi connectivity index (χ1) is 7.77. The number of hydrogen-bond donors (Lipinski definition) is 2. The Labute approximate surface area is 101 Å². The number of carboxylic acids is 1. The Morgan fingerprint density at radius 2 is 1.82 bits per heavy atom. The summed E-state index contributed by atoms with van der Waals surface area (Å²) < 4.78 is 5.13. The van der Waals surface area contributed by atoms with Crippen molar-refractivity contribution in [2.75, 3.05) is 7.11 Å². The van der Waals surface area contributed by atoms with Crippen LogP contribution in [0.1, 0.15) is 30.0 Å². The smallest absolute Gasteiger partial charge is 0.306 e. The molecule has 0 spiro atoms. The quantitative estimate of drug-likeness (QED) is 0.841. The van der Waals surface area contributed by atoms with Crippen molar-refractivity contribution in [2.45, 2.75) is 32.8 Å². The third-order valence-corrected chi connectivity index (χ3v) is 2.78. The molecule has 94 valence electrons. The van der Waals surface area contributed by atoms with Crippen molar-refractivity contribution in [1.29, 1.82) is 0 Å². The average molecular weight is 238 g/mol. The van der Waals surface area contributed by atoms with Crippen LogP contribution in [-0.2, 0) is 10.4 Å². The van der Waals surface area contributed by atoms with Crippen molar-refractivity contribution in [1.82, 2.24) is 0 Å². The number of ether oxygens (including phenoxy) is 1. The first-order valence-corrected chi connectivity index (χ1v) is 5.38. The van der Waals surface area contributed by atoms with E-state index in [0.717, 1.165) is 11.1 Å². The minimum absolute atomic E-state index is 0.318. The van der Waals surface area contributed by atoms with E-state index in [0.29, 0.717) is 11.3 Å². The van der Waals surface area contributed by atoms with Gasteiger partial charge in [0.2, 0.25) is 0 Å². The molecule has 1 aromatic rings. The predicted octanol–water partition coefficient (Wildman–Crippen LogP) is 1.99. The lowest BCUT2D eigenvalue weighted by atomic mass is 9.85. The van der Waals surface area contributed by atoms with Crippen molar-refractivity contribution in [3.8, 4) is 5.75 Å². The Kier molecular flexibility index (Phi) is 3.78. The lowest BCUT2D eigenvalue weighted by Crippen LogP contribution is -2.27. The highest BCUT2D eigenvalue weighted by atomic mass is 16.5. The molecule has 4 heteroatoms. The Bertz CT molecular complexity index is 412. The monoisotopic (exact) mass is 238 g/mol. The molecule has 1 atom stereocenters. The number of hydrogen-bond acceptors (Lipinski definition) is 3. The molecule has 1 rings (SSSR count). The SMILES string of the molecule is COc1cc(C)c(C(C)(O)CC(=O)O)c(C)c1. The van der Waals surface area contributed by atoms with Crippen LogP contribution in [-0.4, -0.2) is 23.3 Å². The number of methoxy groups -OCH3 is 1. The zero-order valence-corrected chi connectivity index (χ0v) is 10.6. The Morgan fingerprint density at radius 1 is 1.35 bits per heavy atom. The summed E-state index contributed by atoms with van der Waals surface area (Å²) in [5.41, 5.74) is 0.939. The van der Waals surface area contributed by atoms with Gasteiger partial charge < -0.3 is 14.9 Å². The molecule has 0 amide bonds. The highest BCUT2D eigenvalue weighted by Gasteiger charge is 2.30. The fraction of sp³-hybridized carbons (Fsp3) is 0.462. The number of benzene rings is 1. The Morgan fingerprint density at radius 3 is 2.18 bits per heavy atom. The first kappa shape index (κ1) is 13.5. The number of rotatable bonds is 4. The van der Waals surface area contributed by atoms with E-state index >= 15 is 0 Å². The van der Waals surface area contributed by atoms with Crippen LogP contribution >= 0.6 is 0 Å². The number of aliphatic hydroxyl groups is 1. The van der Waals surface area contributed by atoms with Gasteiger partial charge in [0, 0.05) is 0 Å². The second-order valence-corrected chi connectivity index (χ2v) is 4.48. The Hall–Kier alpha value is -1.55. The molecule has 0 aromatic heterocycles. The van der Waals surface area contributed by atoms with Gasteiger partial charge in [0.15, 0.2) is 0 Å². The van der Waals surface area contributed by atoms with Gasteiger partial charge in [-0.25, -0.2) is 0 Å². The summed E-state index contributed by atoms with van der Waals surface area (Å²) in [6.07, 6.45) is -0.318. The van der Waals surface area contributed by atoms with Crippen LogP contribution in [0.15, 0.2) is 12.1 Å². The largest absolute Gasteiger partial charge is 0.497 e. The van der Waals surface area contributed by atoms with Crippen LogP contribution in [0.2, 0.25) is 0 Å². The van der Waals surface area contributed by atoms with Gasteiger partial charge in [-0.3, -0.25) is 4.79 Å². The molecule has 0 aliphatic heterocycles. The lowest BCUT2D eigenvalue weighted by Gasteiger charge is -2.26. The second-order valence-electron chi connectivity index (χ2n) is 4.48. The van der Waals surface area contributed by atoms with Crippen LogP contribution < -0.4 is 4.74 Å². The van der Waals surface area contributed by atoms with E-state index in [-0.39, 0.29) is 6.42 Å². The fourth-order valence-electron chi connectivity index (χ4n) is 2.27. The van der Waals surface area contributed by atoms with E-state index in [1.54, 1.807) is 19.2 Å². The summed E-state index contributed by atoms with van der Waals surface area (Å²) in [7, 11) is 1.57. The maximum Gasteiger partial charge on any atom is 0.306 e. The molecule has 1 unspecified atom stereocenters. The molecular formula is C13H18O4. The molecule has 0 aliphatic carbocycles. The van der Waals surface area contributed by atoms with Crippen LogP contribution in [0.3, 0.4) is 0 Å². The van der Waals surface area contributed by atoms with Gasteiger partial charge in [-0.05, 0) is 49.6 Å². The number of carbonyl (C=O) groups is 1. The first-order valence-electron chi connectivity index (χ1n) is 5.38. The van der Waals surface area contributed by atoms with E-state index in [9.17, 15) is 9.90 Å². The fourth-order valence-corrected chi connectivity index (χ4v) is 2.27. The van der Waals surface area contributed by atoms with Crippen molar-refractivity contribution in [3.63, 3.8) is 0 Å². The highest BCUT2D eigenvalue weighted by Crippen LogP contribution is 2.33. The highest BCUT2D eigenvalue weighted by molar-refractivity contribution is 5.69. The van der Waals surface area contributed by atoms with Gasteiger partial charge in [0.1, 0.15) is 5.75 Å². The summed E-state index contributed by atoms with van der Waals surface area (Å²) in [4.78, 5) is 10.7. The van der Waals surface area contributed by atoms with E-state index in [2.05, 4.69) is 0 Å². The van der Waals surface area contributed by atoms with E-state index in [4.69, 9.17) is 9.84 Å². The zero-order chi connectivity index (χ0) is 13.2. The van der Waals surface area contributed by atoms with Crippen molar-refractivity contribution >= 4 is 5.97 Å². The summed E-state index contributed by atoms with van der Waals surface area (Å²) in [6.45, 7) is 5.19. The molecule has 4 nitrogen and oxygen atoms in total. The number of carboxylic acid groups (broad SMARTS) is 1. The van der Waals surface area contributed by atoms with Crippen molar-refractivity contribution in [3.05, 3.63) is 28.8 Å². The summed E-state index contributed by atoms with van der Waals surface area (Å²) >= 11 is 0. The molecule has 0 saturated carbocycles. The van der Waals surface area contributed by atoms with Crippen LogP contribution in [0, 0.1) is 13.8 Å². The van der Waals surface area contributed by atoms with E-state index in [1.165, 1.54) is 6.92 Å². The standard InChI is InChI=1S/C13H18O4/c1-8-5-10(17-4)6-9(2)12(8)13(3,16)7-11(14)15/h5-6,16H,7H2,1-4H3,(H,14,15). The maximum absolute atomic E-state index is 10.7. The van der Waals surface area contributed by atoms with Gasteiger partial charge in [0.05, 0.1) is 19.1 Å². The molecule has 0 aliphatic rings. The Balaban J connectivity index is 3.26. The van der Waals surface area contributed by atoms with Gasteiger partial charge in [-0.1, -0.05) is 0 Å². The minimum Gasteiger partial charge on any atom is -0.497 e. The topological polar surface area (TPSA) is 66.8 Å². The molecule has 0 fully saturated rings. The third kappa shape index (κ3) is 2.97. The summed E-state index contributed by atoms with van der Waals surface area (Å²) in [6, 6.07) is 3.58. The third-order valence-electron chi connectivity index (χ3n) is 2.78. The van der Waals surface area contributed by atoms with Crippen LogP contribution in [0.25, 0.3) is 0 Å².